The van der Waals surface area contributed by atoms with Gasteiger partial charge < -0.3 is 10.4 Å². The van der Waals surface area contributed by atoms with E-state index in [2.05, 4.69) is 18.3 Å². The number of fused-ring (bicyclic) bond motifs is 1. The number of aromatic hydroxyl groups is 1. The van der Waals surface area contributed by atoms with Crippen LogP contribution in [0.4, 0.5) is 0 Å². The molecule has 1 heterocycles. The van der Waals surface area contributed by atoms with Crippen LogP contribution in [0.3, 0.4) is 0 Å². The molecule has 2 aromatic rings. The van der Waals surface area contributed by atoms with Crippen molar-refractivity contribution in [3.63, 3.8) is 0 Å². The number of thiophene rings is 1. The first-order valence-corrected chi connectivity index (χ1v) is 5.53. The van der Waals surface area contributed by atoms with Gasteiger partial charge in [0.05, 0.1) is 0 Å². The number of benzene rings is 1. The van der Waals surface area contributed by atoms with Gasteiger partial charge in [0.1, 0.15) is 5.75 Å². The summed E-state index contributed by atoms with van der Waals surface area (Å²) < 4.78 is 1.23. The van der Waals surface area contributed by atoms with E-state index >= 15 is 0 Å². The fourth-order valence-electron chi connectivity index (χ4n) is 1.42. The second kappa shape index (κ2) is 3.98. The van der Waals surface area contributed by atoms with Crippen LogP contribution in [0.1, 0.15) is 11.8 Å². The Hall–Kier alpha value is -1.06. The molecule has 0 saturated carbocycles. The third kappa shape index (κ3) is 1.89. The molecule has 0 aliphatic rings. The second-order valence-electron chi connectivity index (χ2n) is 3.22. The Morgan fingerprint density at radius 3 is 3.00 bits per heavy atom. The molecule has 0 bridgehead atoms. The van der Waals surface area contributed by atoms with Gasteiger partial charge in [-0.15, -0.1) is 11.3 Å². The summed E-state index contributed by atoms with van der Waals surface area (Å²) in [6.45, 7) is 4.00. The van der Waals surface area contributed by atoms with Gasteiger partial charge in [0, 0.05) is 16.1 Å². The molecular formula is C11H13NOS. The van der Waals surface area contributed by atoms with Gasteiger partial charge in [0.15, 0.2) is 0 Å². The normalized spacial score (nSPS) is 10.9. The van der Waals surface area contributed by atoms with E-state index < -0.39 is 0 Å². The molecule has 0 atom stereocenters. The summed E-state index contributed by atoms with van der Waals surface area (Å²) in [6.07, 6.45) is 0. The van der Waals surface area contributed by atoms with E-state index in [9.17, 15) is 5.11 Å². The Morgan fingerprint density at radius 2 is 2.21 bits per heavy atom. The van der Waals surface area contributed by atoms with Crippen molar-refractivity contribution in [1.29, 1.82) is 0 Å². The third-order valence-electron chi connectivity index (χ3n) is 2.10. The standard InChI is InChI=1S/C11H13NOS/c1-2-12-7-10-6-8-5-9(13)3-4-11(8)14-10/h3-6,12-13H,2,7H2,1H3. The summed E-state index contributed by atoms with van der Waals surface area (Å²) in [4.78, 5) is 1.31. The largest absolute Gasteiger partial charge is 0.508 e. The van der Waals surface area contributed by atoms with Crippen molar-refractivity contribution in [2.75, 3.05) is 6.54 Å². The fourth-order valence-corrected chi connectivity index (χ4v) is 2.44. The molecule has 0 aliphatic carbocycles. The molecule has 1 aromatic heterocycles. The zero-order valence-corrected chi connectivity index (χ0v) is 8.90. The lowest BCUT2D eigenvalue weighted by molar-refractivity contribution is 0.476. The number of phenols is 1. The smallest absolute Gasteiger partial charge is 0.116 e. The maximum atomic E-state index is 9.30. The monoisotopic (exact) mass is 207 g/mol. The molecule has 0 saturated heterocycles. The van der Waals surface area contributed by atoms with Gasteiger partial charge in [-0.3, -0.25) is 0 Å². The van der Waals surface area contributed by atoms with Crippen molar-refractivity contribution in [2.24, 2.45) is 0 Å². The second-order valence-corrected chi connectivity index (χ2v) is 4.38. The topological polar surface area (TPSA) is 32.3 Å². The van der Waals surface area contributed by atoms with E-state index in [0.717, 1.165) is 18.5 Å². The van der Waals surface area contributed by atoms with E-state index in [4.69, 9.17) is 0 Å². The van der Waals surface area contributed by atoms with Gasteiger partial charge in [-0.2, -0.15) is 0 Å². The number of nitrogens with one attached hydrogen (secondary N) is 1. The predicted molar refractivity (Wildman–Crippen MR) is 60.9 cm³/mol. The van der Waals surface area contributed by atoms with Crippen LogP contribution < -0.4 is 5.32 Å². The average molecular weight is 207 g/mol. The Kier molecular flexibility index (Phi) is 2.70. The molecule has 0 spiro atoms. The Labute approximate surface area is 87.2 Å². The van der Waals surface area contributed by atoms with Crippen molar-refractivity contribution in [1.82, 2.24) is 5.32 Å². The minimum Gasteiger partial charge on any atom is -0.508 e. The van der Waals surface area contributed by atoms with Gasteiger partial charge >= 0.3 is 0 Å². The van der Waals surface area contributed by atoms with Crippen LogP contribution >= 0.6 is 11.3 Å². The average Bonchev–Trinajstić information content (AvgIpc) is 2.56. The van der Waals surface area contributed by atoms with Crippen LogP contribution in [0.5, 0.6) is 5.75 Å². The minimum atomic E-state index is 0.338. The van der Waals surface area contributed by atoms with E-state index in [1.807, 2.05) is 6.07 Å². The first-order valence-electron chi connectivity index (χ1n) is 4.72. The Bertz CT molecular complexity index is 436. The first-order chi connectivity index (χ1) is 6.79. The van der Waals surface area contributed by atoms with Crippen molar-refractivity contribution < 1.29 is 5.11 Å². The van der Waals surface area contributed by atoms with Crippen molar-refractivity contribution >= 4 is 21.4 Å². The molecule has 14 heavy (non-hydrogen) atoms. The van der Waals surface area contributed by atoms with Gasteiger partial charge in [-0.05, 0) is 36.2 Å². The summed E-state index contributed by atoms with van der Waals surface area (Å²) in [7, 11) is 0. The Balaban J connectivity index is 2.32. The fraction of sp³-hybridized carbons (Fsp3) is 0.273. The van der Waals surface area contributed by atoms with Gasteiger partial charge in [0.25, 0.3) is 0 Å². The molecule has 0 radical (unpaired) electrons. The molecule has 3 heteroatoms. The van der Waals surface area contributed by atoms with E-state index in [0.29, 0.717) is 5.75 Å². The molecule has 0 amide bonds. The quantitative estimate of drug-likeness (QED) is 0.811. The predicted octanol–water partition coefficient (Wildman–Crippen LogP) is 2.72. The van der Waals surface area contributed by atoms with Gasteiger partial charge in [-0.25, -0.2) is 0 Å². The molecule has 2 rings (SSSR count). The lowest BCUT2D eigenvalue weighted by atomic mass is 10.2. The van der Waals surface area contributed by atoms with E-state index in [-0.39, 0.29) is 0 Å². The van der Waals surface area contributed by atoms with Crippen molar-refractivity contribution in [3.8, 4) is 5.75 Å². The summed E-state index contributed by atoms with van der Waals surface area (Å²) in [6, 6.07) is 7.63. The van der Waals surface area contributed by atoms with Gasteiger partial charge in [0.2, 0.25) is 0 Å². The summed E-state index contributed by atoms with van der Waals surface area (Å²) >= 11 is 1.77. The number of hydrogen-bond donors (Lipinski definition) is 2. The van der Waals surface area contributed by atoms with Crippen LogP contribution in [0.15, 0.2) is 24.3 Å². The molecule has 0 aliphatic heterocycles. The summed E-state index contributed by atoms with van der Waals surface area (Å²) in [5.74, 6) is 0.338. The highest BCUT2D eigenvalue weighted by molar-refractivity contribution is 7.19. The van der Waals surface area contributed by atoms with Crippen LogP contribution in [-0.2, 0) is 6.54 Å². The molecule has 74 valence electrons. The number of rotatable bonds is 3. The summed E-state index contributed by atoms with van der Waals surface area (Å²) in [5, 5.41) is 13.7. The van der Waals surface area contributed by atoms with Gasteiger partial charge in [-0.1, -0.05) is 6.92 Å². The first kappa shape index (κ1) is 9.49. The van der Waals surface area contributed by atoms with E-state index in [1.54, 1.807) is 23.5 Å². The zero-order valence-electron chi connectivity index (χ0n) is 8.08. The van der Waals surface area contributed by atoms with Crippen LogP contribution in [-0.4, -0.2) is 11.7 Å². The van der Waals surface area contributed by atoms with E-state index in [1.165, 1.54) is 9.58 Å². The third-order valence-corrected chi connectivity index (χ3v) is 3.22. The van der Waals surface area contributed by atoms with Crippen LogP contribution in [0.2, 0.25) is 0 Å². The highest BCUT2D eigenvalue weighted by atomic mass is 32.1. The van der Waals surface area contributed by atoms with Crippen molar-refractivity contribution in [2.45, 2.75) is 13.5 Å². The molecule has 0 fully saturated rings. The molecule has 2 N–H and O–H groups in total. The number of hydrogen-bond acceptors (Lipinski definition) is 3. The van der Waals surface area contributed by atoms with Crippen molar-refractivity contribution in [3.05, 3.63) is 29.1 Å². The lowest BCUT2D eigenvalue weighted by Crippen LogP contribution is -2.10. The SMILES string of the molecule is CCNCc1cc2cc(O)ccc2s1. The molecule has 0 unspecified atom stereocenters. The lowest BCUT2D eigenvalue weighted by Gasteiger charge is -1.94. The van der Waals surface area contributed by atoms with Crippen LogP contribution in [0, 0.1) is 0 Å². The molecular weight excluding hydrogens is 194 g/mol. The highest BCUT2D eigenvalue weighted by Crippen LogP contribution is 2.28. The maximum absolute atomic E-state index is 9.30. The minimum absolute atomic E-state index is 0.338. The highest BCUT2D eigenvalue weighted by Gasteiger charge is 2.01. The van der Waals surface area contributed by atoms with Crippen LogP contribution in [0.25, 0.3) is 10.1 Å². The Morgan fingerprint density at radius 1 is 1.36 bits per heavy atom. The maximum Gasteiger partial charge on any atom is 0.116 e. The summed E-state index contributed by atoms with van der Waals surface area (Å²) in [5.41, 5.74) is 0. The molecule has 2 nitrogen and oxygen atoms in total. The number of phenolic OH excluding ortho intramolecular Hbond substituents is 1. The zero-order chi connectivity index (χ0) is 9.97. The molecule has 1 aromatic carbocycles.